The summed E-state index contributed by atoms with van der Waals surface area (Å²) < 4.78 is 4.93. The summed E-state index contributed by atoms with van der Waals surface area (Å²) >= 11 is 0. The maximum Gasteiger partial charge on any atom is 0.150 e. The van der Waals surface area contributed by atoms with E-state index in [-0.39, 0.29) is 5.75 Å². The van der Waals surface area contributed by atoms with Gasteiger partial charge in [0, 0.05) is 12.2 Å². The lowest BCUT2D eigenvalue weighted by molar-refractivity contribution is -0.0375. The number of phenolic OH excluding ortho intramolecular Hbond substituents is 1. The number of ether oxygens (including phenoxy) is 1. The summed E-state index contributed by atoms with van der Waals surface area (Å²) in [6, 6.07) is 6.07. The van der Waals surface area contributed by atoms with Gasteiger partial charge in [-0.3, -0.25) is 4.79 Å². The number of aldehydes is 1. The molecule has 1 fully saturated rings. The molecule has 1 saturated heterocycles. The number of benzene rings is 1. The summed E-state index contributed by atoms with van der Waals surface area (Å²) in [5.74, 6) is 0.181. The van der Waals surface area contributed by atoms with E-state index in [1.165, 1.54) is 18.6 Å². The van der Waals surface area contributed by atoms with Crippen molar-refractivity contribution >= 4 is 6.29 Å². The highest BCUT2D eigenvalue weighted by atomic mass is 16.5. The first kappa shape index (κ1) is 10.7. The van der Waals surface area contributed by atoms with Gasteiger partial charge in [0.15, 0.2) is 0 Å². The molecule has 76 valence electrons. The first-order valence-corrected chi connectivity index (χ1v) is 4.58. The molecule has 1 heterocycles. The maximum atomic E-state index is 10.0. The predicted octanol–water partition coefficient (Wildman–Crippen LogP) is 2.00. The molecule has 0 aromatic heterocycles. The predicted molar refractivity (Wildman–Crippen MR) is 53.5 cm³/mol. The van der Waals surface area contributed by atoms with E-state index in [0.717, 1.165) is 12.9 Å². The molecule has 1 aromatic rings. The van der Waals surface area contributed by atoms with E-state index in [1.807, 2.05) is 0 Å². The van der Waals surface area contributed by atoms with Crippen molar-refractivity contribution in [2.24, 2.45) is 0 Å². The van der Waals surface area contributed by atoms with Crippen LogP contribution in [0.5, 0.6) is 5.75 Å². The first-order valence-electron chi connectivity index (χ1n) is 4.58. The molecule has 1 N–H and O–H groups in total. The second-order valence-electron chi connectivity index (χ2n) is 3.18. The number of aromatic hydroxyl groups is 1. The molecule has 14 heavy (non-hydrogen) atoms. The van der Waals surface area contributed by atoms with Crippen LogP contribution in [0.15, 0.2) is 24.3 Å². The Morgan fingerprint density at radius 2 is 1.93 bits per heavy atom. The summed E-state index contributed by atoms with van der Waals surface area (Å²) in [6.45, 7) is 3.07. The Morgan fingerprint density at radius 1 is 1.43 bits per heavy atom. The molecule has 1 aliphatic heterocycles. The minimum atomic E-state index is 0.181. The van der Waals surface area contributed by atoms with Crippen molar-refractivity contribution in [3.8, 4) is 5.75 Å². The van der Waals surface area contributed by atoms with Crippen LogP contribution in [0.4, 0.5) is 0 Å². The summed E-state index contributed by atoms with van der Waals surface area (Å²) in [6.07, 6.45) is 2.56. The third kappa shape index (κ3) is 3.58. The number of carbonyl (C=O) groups excluding carboxylic acids is 1. The SMILES string of the molecule is CC1CCO1.O=Cc1ccc(O)cc1. The second-order valence-corrected chi connectivity index (χ2v) is 3.18. The van der Waals surface area contributed by atoms with Crippen molar-refractivity contribution in [2.45, 2.75) is 19.4 Å². The number of hydrogen-bond acceptors (Lipinski definition) is 3. The zero-order chi connectivity index (χ0) is 10.4. The molecule has 1 atom stereocenters. The van der Waals surface area contributed by atoms with Crippen LogP contribution in [-0.4, -0.2) is 24.1 Å². The summed E-state index contributed by atoms with van der Waals surface area (Å²) in [5, 5.41) is 8.74. The van der Waals surface area contributed by atoms with E-state index in [1.54, 1.807) is 12.1 Å². The van der Waals surface area contributed by atoms with Gasteiger partial charge in [0.2, 0.25) is 0 Å². The van der Waals surface area contributed by atoms with Crippen LogP contribution in [-0.2, 0) is 4.74 Å². The van der Waals surface area contributed by atoms with Gasteiger partial charge in [-0.2, -0.15) is 0 Å². The Bertz CT molecular complexity index is 275. The summed E-state index contributed by atoms with van der Waals surface area (Å²) in [4.78, 5) is 10.0. The standard InChI is InChI=1S/C7H6O2.C4H8O/c8-5-6-1-3-7(9)4-2-6;1-4-2-3-5-4/h1-5,9H;4H,2-3H2,1H3. The van der Waals surface area contributed by atoms with Gasteiger partial charge in [0.25, 0.3) is 0 Å². The normalized spacial score (nSPS) is 18.8. The van der Waals surface area contributed by atoms with Crippen molar-refractivity contribution in [3.63, 3.8) is 0 Å². The van der Waals surface area contributed by atoms with E-state index in [2.05, 4.69) is 6.92 Å². The fourth-order valence-corrected chi connectivity index (χ4v) is 0.906. The number of hydrogen-bond donors (Lipinski definition) is 1. The molecule has 0 bridgehead atoms. The van der Waals surface area contributed by atoms with Gasteiger partial charge < -0.3 is 9.84 Å². The van der Waals surface area contributed by atoms with Crippen LogP contribution in [0, 0.1) is 0 Å². The number of carbonyl (C=O) groups is 1. The molecular formula is C11H14O3. The number of rotatable bonds is 1. The number of phenols is 1. The van der Waals surface area contributed by atoms with E-state index >= 15 is 0 Å². The molecule has 0 radical (unpaired) electrons. The van der Waals surface area contributed by atoms with Gasteiger partial charge in [-0.05, 0) is 37.6 Å². The Balaban J connectivity index is 0.000000165. The minimum Gasteiger partial charge on any atom is -0.508 e. The molecule has 3 heteroatoms. The van der Waals surface area contributed by atoms with Crippen LogP contribution in [0.25, 0.3) is 0 Å². The van der Waals surface area contributed by atoms with Crippen molar-refractivity contribution in [2.75, 3.05) is 6.61 Å². The molecule has 0 spiro atoms. The molecule has 1 unspecified atom stereocenters. The molecule has 0 aliphatic carbocycles. The van der Waals surface area contributed by atoms with Gasteiger partial charge >= 0.3 is 0 Å². The van der Waals surface area contributed by atoms with Crippen molar-refractivity contribution in [1.82, 2.24) is 0 Å². The van der Waals surface area contributed by atoms with Gasteiger partial charge in [-0.25, -0.2) is 0 Å². The average molecular weight is 194 g/mol. The Hall–Kier alpha value is -1.35. The van der Waals surface area contributed by atoms with Crippen LogP contribution < -0.4 is 0 Å². The molecule has 3 nitrogen and oxygen atoms in total. The highest BCUT2D eigenvalue weighted by molar-refractivity contribution is 5.74. The summed E-state index contributed by atoms with van der Waals surface area (Å²) in [7, 11) is 0. The van der Waals surface area contributed by atoms with Gasteiger partial charge in [0.05, 0.1) is 6.10 Å². The fraction of sp³-hybridized carbons (Fsp3) is 0.364. The van der Waals surface area contributed by atoms with Gasteiger partial charge in [0.1, 0.15) is 12.0 Å². The van der Waals surface area contributed by atoms with Gasteiger partial charge in [-0.15, -0.1) is 0 Å². The van der Waals surface area contributed by atoms with E-state index in [9.17, 15) is 4.79 Å². The lowest BCUT2D eigenvalue weighted by atomic mass is 10.2. The lowest BCUT2D eigenvalue weighted by Crippen LogP contribution is -2.22. The maximum absolute atomic E-state index is 10.0. The molecule has 0 saturated carbocycles. The lowest BCUT2D eigenvalue weighted by Gasteiger charge is -2.20. The smallest absolute Gasteiger partial charge is 0.150 e. The zero-order valence-electron chi connectivity index (χ0n) is 8.14. The topological polar surface area (TPSA) is 46.5 Å². The third-order valence-corrected chi connectivity index (χ3v) is 1.96. The highest BCUT2D eigenvalue weighted by Gasteiger charge is 2.09. The molecule has 1 aliphatic rings. The van der Waals surface area contributed by atoms with Crippen LogP contribution >= 0.6 is 0 Å². The minimum absolute atomic E-state index is 0.181. The van der Waals surface area contributed by atoms with E-state index in [0.29, 0.717) is 11.7 Å². The van der Waals surface area contributed by atoms with Crippen molar-refractivity contribution in [1.29, 1.82) is 0 Å². The van der Waals surface area contributed by atoms with E-state index in [4.69, 9.17) is 9.84 Å². The van der Waals surface area contributed by atoms with Crippen LogP contribution in [0.3, 0.4) is 0 Å². The van der Waals surface area contributed by atoms with E-state index < -0.39 is 0 Å². The Kier molecular flexibility index (Phi) is 4.13. The Morgan fingerprint density at radius 3 is 2.21 bits per heavy atom. The van der Waals surface area contributed by atoms with Crippen molar-refractivity contribution < 1.29 is 14.6 Å². The van der Waals surface area contributed by atoms with Crippen LogP contribution in [0.2, 0.25) is 0 Å². The largest absolute Gasteiger partial charge is 0.508 e. The average Bonchev–Trinajstić information content (AvgIpc) is 2.17. The van der Waals surface area contributed by atoms with Crippen molar-refractivity contribution in [3.05, 3.63) is 29.8 Å². The highest BCUT2D eigenvalue weighted by Crippen LogP contribution is 2.07. The molecule has 1 aromatic carbocycles. The van der Waals surface area contributed by atoms with Gasteiger partial charge in [-0.1, -0.05) is 0 Å². The molecule has 0 amide bonds. The molecular weight excluding hydrogens is 180 g/mol. The zero-order valence-corrected chi connectivity index (χ0v) is 8.14. The first-order chi connectivity index (χ1) is 6.72. The fourth-order valence-electron chi connectivity index (χ4n) is 0.906. The molecule has 2 rings (SSSR count). The summed E-state index contributed by atoms with van der Waals surface area (Å²) in [5.41, 5.74) is 0.577. The monoisotopic (exact) mass is 194 g/mol. The second kappa shape index (κ2) is 5.40. The Labute approximate surface area is 83.3 Å². The third-order valence-electron chi connectivity index (χ3n) is 1.96. The quantitative estimate of drug-likeness (QED) is 0.695. The van der Waals surface area contributed by atoms with Crippen LogP contribution in [0.1, 0.15) is 23.7 Å².